The summed E-state index contributed by atoms with van der Waals surface area (Å²) in [6.07, 6.45) is 1.17. The molecule has 0 saturated carbocycles. The minimum absolute atomic E-state index is 0.249. The molecule has 41 heavy (non-hydrogen) atoms. The molecule has 1 heterocycles. The number of benzene rings is 3. The number of hydrogen-bond acceptors (Lipinski definition) is 8. The number of ether oxygens (including phenoxy) is 1. The second-order valence-corrected chi connectivity index (χ2v) is 10.6. The molecule has 2 amide bonds. The van der Waals surface area contributed by atoms with E-state index in [1.807, 2.05) is 4.98 Å². The molecule has 1 aromatic heterocycles. The van der Waals surface area contributed by atoms with Crippen molar-refractivity contribution in [2.45, 2.75) is 12.3 Å². The fourth-order valence-electron chi connectivity index (χ4n) is 3.67. The van der Waals surface area contributed by atoms with Crippen molar-refractivity contribution in [3.05, 3.63) is 124 Å². The van der Waals surface area contributed by atoms with Crippen LogP contribution in [0.5, 0.6) is 17.2 Å². The second-order valence-electron chi connectivity index (χ2n) is 8.61. The van der Waals surface area contributed by atoms with Gasteiger partial charge in [-0.1, -0.05) is 48.5 Å². The van der Waals surface area contributed by atoms with Gasteiger partial charge in [0.2, 0.25) is 11.8 Å². The number of para-hydroxylation sites is 2. The second kappa shape index (κ2) is 13.3. The minimum atomic E-state index is -4.25. The Balaban J connectivity index is 1.59. The Morgan fingerprint density at radius 2 is 1.41 bits per heavy atom. The van der Waals surface area contributed by atoms with E-state index in [1.165, 1.54) is 13.3 Å². The summed E-state index contributed by atoms with van der Waals surface area (Å²) < 4.78 is 32.6. The van der Waals surface area contributed by atoms with Crippen molar-refractivity contribution < 1.29 is 27.9 Å². The van der Waals surface area contributed by atoms with Crippen molar-refractivity contribution in [3.63, 3.8) is 0 Å². The van der Waals surface area contributed by atoms with E-state index in [2.05, 4.69) is 10.6 Å². The van der Waals surface area contributed by atoms with Crippen LogP contribution in [0.3, 0.4) is 0 Å². The molecule has 0 aliphatic carbocycles. The standard InChI is InChI=1S/C28H27N4O8P/c1-38-21-14-12-20(13-15-21)27(30-25(34)18-29-26(35)19-32-17-16-24(33)31-28(32)36)41(37,39-22-8-4-2-5-9-22)40-23-10-6-3-7-11-23/h2-17,27H,18-19H2,1H3,(H,29,35)(H,30,34)(H,31,33,36). The highest BCUT2D eigenvalue weighted by Crippen LogP contribution is 2.59. The summed E-state index contributed by atoms with van der Waals surface area (Å²) >= 11 is 0. The Labute approximate surface area is 234 Å². The van der Waals surface area contributed by atoms with Crippen LogP contribution in [0, 0.1) is 0 Å². The molecule has 13 heteroatoms. The summed E-state index contributed by atoms with van der Waals surface area (Å²) in [6, 6.07) is 24.3. The smallest absolute Gasteiger partial charge is 0.457 e. The molecule has 0 radical (unpaired) electrons. The Morgan fingerprint density at radius 1 is 0.829 bits per heavy atom. The van der Waals surface area contributed by atoms with Gasteiger partial charge in [-0.15, -0.1) is 0 Å². The fourth-order valence-corrected chi connectivity index (χ4v) is 5.59. The highest BCUT2D eigenvalue weighted by molar-refractivity contribution is 7.55. The van der Waals surface area contributed by atoms with Crippen LogP contribution in [-0.4, -0.2) is 35.0 Å². The maximum absolute atomic E-state index is 14.5. The highest BCUT2D eigenvalue weighted by atomic mass is 31.2. The normalized spacial score (nSPS) is 11.6. The number of nitrogens with one attached hydrogen (secondary N) is 3. The van der Waals surface area contributed by atoms with Crippen LogP contribution >= 0.6 is 7.60 Å². The van der Waals surface area contributed by atoms with Crippen molar-refractivity contribution in [1.29, 1.82) is 0 Å². The molecule has 12 nitrogen and oxygen atoms in total. The van der Waals surface area contributed by atoms with Gasteiger partial charge in [0.25, 0.3) is 5.56 Å². The van der Waals surface area contributed by atoms with Gasteiger partial charge in [0.15, 0.2) is 5.78 Å². The van der Waals surface area contributed by atoms with Gasteiger partial charge in [-0.25, -0.2) is 9.36 Å². The van der Waals surface area contributed by atoms with E-state index in [9.17, 15) is 23.7 Å². The lowest BCUT2D eigenvalue weighted by atomic mass is 10.2. The zero-order chi connectivity index (χ0) is 29.2. The zero-order valence-electron chi connectivity index (χ0n) is 21.9. The fraction of sp³-hybridized carbons (Fsp3) is 0.143. The highest BCUT2D eigenvalue weighted by Gasteiger charge is 2.42. The largest absolute Gasteiger partial charge is 0.497 e. The van der Waals surface area contributed by atoms with Crippen molar-refractivity contribution in [2.75, 3.05) is 13.7 Å². The van der Waals surface area contributed by atoms with Crippen molar-refractivity contribution in [3.8, 4) is 17.2 Å². The molecular formula is C28H27N4O8P. The van der Waals surface area contributed by atoms with Crippen LogP contribution < -0.4 is 35.7 Å². The summed E-state index contributed by atoms with van der Waals surface area (Å²) in [5, 5.41) is 5.07. The van der Waals surface area contributed by atoms with Crippen LogP contribution in [0.15, 0.2) is 107 Å². The number of methoxy groups -OCH3 is 1. The molecule has 0 saturated heterocycles. The van der Waals surface area contributed by atoms with Crippen LogP contribution in [0.25, 0.3) is 0 Å². The number of nitrogens with zero attached hydrogens (tertiary/aromatic N) is 1. The summed E-state index contributed by atoms with van der Waals surface area (Å²) in [6.45, 7) is -0.947. The molecule has 4 rings (SSSR count). The zero-order valence-corrected chi connectivity index (χ0v) is 22.8. The minimum Gasteiger partial charge on any atom is -0.497 e. The third kappa shape index (κ3) is 7.96. The average Bonchev–Trinajstić information content (AvgIpc) is 2.97. The van der Waals surface area contributed by atoms with Crippen molar-refractivity contribution >= 4 is 19.4 Å². The lowest BCUT2D eigenvalue weighted by molar-refractivity contribution is -0.126. The van der Waals surface area contributed by atoms with Gasteiger partial charge in [0.1, 0.15) is 23.8 Å². The third-order valence-electron chi connectivity index (χ3n) is 5.65. The lowest BCUT2D eigenvalue weighted by Gasteiger charge is -2.28. The van der Waals surface area contributed by atoms with Crippen molar-refractivity contribution in [1.82, 2.24) is 20.2 Å². The molecule has 4 aromatic rings. The van der Waals surface area contributed by atoms with Crippen LogP contribution in [0.2, 0.25) is 0 Å². The molecule has 212 valence electrons. The van der Waals surface area contributed by atoms with Crippen LogP contribution in [0.4, 0.5) is 0 Å². The molecular weight excluding hydrogens is 551 g/mol. The summed E-state index contributed by atoms with van der Waals surface area (Å²) in [4.78, 5) is 50.6. The molecule has 0 fully saturated rings. The number of carbonyl (C=O) groups excluding carboxylic acids is 2. The van der Waals surface area contributed by atoms with E-state index in [0.717, 1.165) is 10.6 Å². The Bertz CT molecular complexity index is 1590. The predicted octanol–water partition coefficient (Wildman–Crippen LogP) is 2.83. The van der Waals surface area contributed by atoms with E-state index in [-0.39, 0.29) is 11.5 Å². The van der Waals surface area contributed by atoms with Crippen LogP contribution in [0.1, 0.15) is 11.3 Å². The number of hydrogen-bond donors (Lipinski definition) is 3. The first-order chi connectivity index (χ1) is 19.8. The van der Waals surface area contributed by atoms with Crippen LogP contribution in [-0.2, 0) is 20.7 Å². The SMILES string of the molecule is COc1ccc(C(NC(=O)CNC(=O)Cn2ccc(=O)[nH]c2=O)P(=O)(Oc2ccccc2)Oc2ccccc2)cc1. The molecule has 3 aromatic carbocycles. The summed E-state index contributed by atoms with van der Waals surface area (Å²) in [5.74, 6) is -1.65. The Hall–Kier alpha value is -5.09. The number of amides is 2. The molecule has 0 aliphatic rings. The molecule has 1 unspecified atom stereocenters. The van der Waals surface area contributed by atoms with Gasteiger partial charge in [-0.05, 0) is 42.0 Å². The number of carbonyl (C=O) groups is 2. The number of aromatic nitrogens is 2. The average molecular weight is 579 g/mol. The van der Waals surface area contributed by atoms with E-state index in [4.69, 9.17) is 13.8 Å². The number of rotatable bonds is 12. The van der Waals surface area contributed by atoms with E-state index >= 15 is 0 Å². The monoisotopic (exact) mass is 578 g/mol. The van der Waals surface area contributed by atoms with Gasteiger partial charge in [-0.2, -0.15) is 0 Å². The van der Waals surface area contributed by atoms with Crippen molar-refractivity contribution in [2.24, 2.45) is 0 Å². The van der Waals surface area contributed by atoms with Gasteiger partial charge in [-0.3, -0.25) is 23.9 Å². The molecule has 3 N–H and O–H groups in total. The number of H-pyrrole nitrogens is 1. The summed E-state index contributed by atoms with van der Waals surface area (Å²) in [5.41, 5.74) is -0.982. The Kier molecular flexibility index (Phi) is 9.39. The first kappa shape index (κ1) is 28.9. The molecule has 0 spiro atoms. The molecule has 1 atom stereocenters. The van der Waals surface area contributed by atoms with Gasteiger partial charge in [0.05, 0.1) is 13.7 Å². The van der Waals surface area contributed by atoms with E-state index < -0.39 is 49.5 Å². The maximum Gasteiger partial charge on any atom is 0.457 e. The first-order valence-corrected chi connectivity index (χ1v) is 14.0. The lowest BCUT2D eigenvalue weighted by Crippen LogP contribution is -2.41. The number of aromatic amines is 1. The van der Waals surface area contributed by atoms with E-state index in [0.29, 0.717) is 11.3 Å². The molecule has 0 bridgehead atoms. The third-order valence-corrected chi connectivity index (χ3v) is 7.64. The predicted molar refractivity (Wildman–Crippen MR) is 150 cm³/mol. The quantitative estimate of drug-likeness (QED) is 0.217. The van der Waals surface area contributed by atoms with Gasteiger partial charge in [0, 0.05) is 12.3 Å². The first-order valence-electron chi connectivity index (χ1n) is 12.3. The Morgan fingerprint density at radius 3 is 1.95 bits per heavy atom. The van der Waals surface area contributed by atoms with E-state index in [1.54, 1.807) is 84.9 Å². The summed E-state index contributed by atoms with van der Waals surface area (Å²) in [7, 11) is -2.75. The van der Waals surface area contributed by atoms with Gasteiger partial charge >= 0.3 is 13.3 Å². The van der Waals surface area contributed by atoms with Gasteiger partial charge < -0.3 is 24.4 Å². The topological polar surface area (TPSA) is 158 Å². The molecule has 0 aliphatic heterocycles. The maximum atomic E-state index is 14.5.